The molecule has 1 N–H and O–H groups in total. The first-order valence-corrected chi connectivity index (χ1v) is 6.47. The molecule has 0 bridgehead atoms. The van der Waals surface area contributed by atoms with Gasteiger partial charge in [-0.05, 0) is 12.1 Å². The molecular formula is C12H14N2O3S. The van der Waals surface area contributed by atoms with E-state index in [1.807, 2.05) is 18.2 Å². The van der Waals surface area contributed by atoms with Gasteiger partial charge in [0.05, 0.1) is 18.1 Å². The van der Waals surface area contributed by atoms with Crippen molar-refractivity contribution < 1.29 is 14.3 Å². The van der Waals surface area contributed by atoms with E-state index in [0.717, 1.165) is 21.9 Å². The SMILES string of the molecule is COc1ccc2nc(SCCOC(C)=O)[nH]c2c1. The van der Waals surface area contributed by atoms with Gasteiger partial charge in [-0.3, -0.25) is 4.79 Å². The number of carbonyl (C=O) groups excluding carboxylic acids is 1. The molecule has 0 saturated carbocycles. The first kappa shape index (κ1) is 12.8. The Balaban J connectivity index is 1.99. The molecular weight excluding hydrogens is 252 g/mol. The van der Waals surface area contributed by atoms with Crippen LogP contribution in [-0.4, -0.2) is 35.4 Å². The van der Waals surface area contributed by atoms with Crippen molar-refractivity contribution in [1.29, 1.82) is 0 Å². The smallest absolute Gasteiger partial charge is 0.302 e. The Hall–Kier alpha value is -1.69. The van der Waals surface area contributed by atoms with Crippen molar-refractivity contribution in [2.24, 2.45) is 0 Å². The highest BCUT2D eigenvalue weighted by Crippen LogP contribution is 2.22. The van der Waals surface area contributed by atoms with Crippen LogP contribution in [-0.2, 0) is 9.53 Å². The molecule has 1 aromatic heterocycles. The normalized spacial score (nSPS) is 10.6. The van der Waals surface area contributed by atoms with Crippen LogP contribution in [0.25, 0.3) is 11.0 Å². The van der Waals surface area contributed by atoms with Crippen molar-refractivity contribution in [3.63, 3.8) is 0 Å². The predicted molar refractivity (Wildman–Crippen MR) is 70.0 cm³/mol. The number of benzene rings is 1. The number of esters is 1. The Labute approximate surface area is 109 Å². The Morgan fingerprint density at radius 3 is 3.06 bits per heavy atom. The quantitative estimate of drug-likeness (QED) is 0.511. The Kier molecular flexibility index (Phi) is 4.09. The van der Waals surface area contributed by atoms with E-state index >= 15 is 0 Å². The first-order chi connectivity index (χ1) is 8.69. The average Bonchev–Trinajstić information content (AvgIpc) is 2.75. The van der Waals surface area contributed by atoms with E-state index < -0.39 is 0 Å². The minimum atomic E-state index is -0.259. The van der Waals surface area contributed by atoms with Crippen LogP contribution in [0.5, 0.6) is 5.75 Å². The van der Waals surface area contributed by atoms with Crippen molar-refractivity contribution in [1.82, 2.24) is 9.97 Å². The summed E-state index contributed by atoms with van der Waals surface area (Å²) >= 11 is 1.52. The van der Waals surface area contributed by atoms with Crippen LogP contribution in [0.4, 0.5) is 0 Å². The van der Waals surface area contributed by atoms with Gasteiger partial charge in [0.25, 0.3) is 0 Å². The van der Waals surface area contributed by atoms with Gasteiger partial charge >= 0.3 is 5.97 Å². The van der Waals surface area contributed by atoms with E-state index in [-0.39, 0.29) is 5.97 Å². The number of aromatic nitrogens is 2. The molecule has 0 amide bonds. The molecule has 0 radical (unpaired) electrons. The third-order valence-corrected chi connectivity index (χ3v) is 3.13. The van der Waals surface area contributed by atoms with Gasteiger partial charge in [-0.15, -0.1) is 0 Å². The maximum Gasteiger partial charge on any atom is 0.302 e. The third-order valence-electron chi connectivity index (χ3n) is 2.29. The number of nitrogens with zero attached hydrogens (tertiary/aromatic N) is 1. The van der Waals surface area contributed by atoms with Crippen molar-refractivity contribution >= 4 is 28.8 Å². The molecule has 0 fully saturated rings. The minimum absolute atomic E-state index is 0.259. The number of rotatable bonds is 5. The van der Waals surface area contributed by atoms with E-state index in [1.54, 1.807) is 7.11 Å². The largest absolute Gasteiger partial charge is 0.497 e. The molecule has 0 aliphatic heterocycles. The monoisotopic (exact) mass is 266 g/mol. The lowest BCUT2D eigenvalue weighted by Gasteiger charge is -1.98. The van der Waals surface area contributed by atoms with Gasteiger partial charge in [0.1, 0.15) is 12.4 Å². The van der Waals surface area contributed by atoms with Gasteiger partial charge < -0.3 is 14.5 Å². The molecule has 5 nitrogen and oxygen atoms in total. The molecule has 6 heteroatoms. The van der Waals surface area contributed by atoms with Crippen molar-refractivity contribution in [2.45, 2.75) is 12.1 Å². The van der Waals surface area contributed by atoms with Crippen LogP contribution >= 0.6 is 11.8 Å². The summed E-state index contributed by atoms with van der Waals surface area (Å²) in [6.45, 7) is 1.79. The summed E-state index contributed by atoms with van der Waals surface area (Å²) < 4.78 is 10.00. The van der Waals surface area contributed by atoms with Crippen LogP contribution in [0.2, 0.25) is 0 Å². The number of methoxy groups -OCH3 is 1. The number of hydrogen-bond acceptors (Lipinski definition) is 5. The lowest BCUT2D eigenvalue weighted by molar-refractivity contribution is -0.140. The standard InChI is InChI=1S/C12H14N2O3S/c1-8(15)17-5-6-18-12-13-10-4-3-9(16-2)7-11(10)14-12/h3-4,7H,5-6H2,1-2H3,(H,13,14). The van der Waals surface area contributed by atoms with Gasteiger partial charge in [-0.2, -0.15) is 0 Å². The second-order valence-electron chi connectivity index (χ2n) is 3.61. The van der Waals surface area contributed by atoms with Crippen molar-refractivity contribution in [2.75, 3.05) is 19.5 Å². The maximum absolute atomic E-state index is 10.6. The fourth-order valence-electron chi connectivity index (χ4n) is 1.48. The van der Waals surface area contributed by atoms with Crippen molar-refractivity contribution in [3.05, 3.63) is 18.2 Å². The third kappa shape index (κ3) is 3.16. The number of H-pyrrole nitrogens is 1. The zero-order valence-corrected chi connectivity index (χ0v) is 11.0. The lowest BCUT2D eigenvalue weighted by Crippen LogP contribution is -2.02. The summed E-state index contributed by atoms with van der Waals surface area (Å²) in [4.78, 5) is 18.2. The predicted octanol–water partition coefficient (Wildman–Crippen LogP) is 2.23. The lowest BCUT2D eigenvalue weighted by atomic mass is 10.3. The number of imidazole rings is 1. The van der Waals surface area contributed by atoms with Crippen LogP contribution in [0.15, 0.2) is 23.4 Å². The van der Waals surface area contributed by atoms with Gasteiger partial charge in [-0.25, -0.2) is 4.98 Å². The molecule has 1 heterocycles. The van der Waals surface area contributed by atoms with E-state index in [0.29, 0.717) is 12.4 Å². The van der Waals surface area contributed by atoms with Crippen molar-refractivity contribution in [3.8, 4) is 5.75 Å². The molecule has 96 valence electrons. The highest BCUT2D eigenvalue weighted by Gasteiger charge is 2.04. The molecule has 2 rings (SSSR count). The van der Waals surface area contributed by atoms with Gasteiger partial charge in [-0.1, -0.05) is 11.8 Å². The molecule has 0 aliphatic rings. The molecule has 0 atom stereocenters. The topological polar surface area (TPSA) is 64.2 Å². The van der Waals surface area contributed by atoms with E-state index in [2.05, 4.69) is 9.97 Å². The summed E-state index contributed by atoms with van der Waals surface area (Å²) in [6, 6.07) is 5.68. The second kappa shape index (κ2) is 5.77. The number of ether oxygens (including phenoxy) is 2. The number of aromatic amines is 1. The van der Waals surface area contributed by atoms with Crippen LogP contribution in [0.1, 0.15) is 6.92 Å². The number of nitrogens with one attached hydrogen (secondary N) is 1. The molecule has 0 aliphatic carbocycles. The van der Waals surface area contributed by atoms with Crippen LogP contribution < -0.4 is 4.74 Å². The minimum Gasteiger partial charge on any atom is -0.497 e. The number of thioether (sulfide) groups is 1. The summed E-state index contributed by atoms with van der Waals surface area (Å²) in [6.07, 6.45) is 0. The molecule has 0 spiro atoms. The van der Waals surface area contributed by atoms with E-state index in [1.165, 1.54) is 18.7 Å². The fraction of sp³-hybridized carbons (Fsp3) is 0.333. The maximum atomic E-state index is 10.6. The molecule has 2 aromatic rings. The Morgan fingerprint density at radius 2 is 2.33 bits per heavy atom. The molecule has 0 unspecified atom stereocenters. The number of carbonyl (C=O) groups is 1. The van der Waals surface area contributed by atoms with Gasteiger partial charge in [0.2, 0.25) is 0 Å². The summed E-state index contributed by atoms with van der Waals surface area (Å²) in [7, 11) is 1.63. The Bertz CT molecular complexity index is 553. The Morgan fingerprint density at radius 1 is 1.50 bits per heavy atom. The van der Waals surface area contributed by atoms with Gasteiger partial charge in [0.15, 0.2) is 5.16 Å². The second-order valence-corrected chi connectivity index (χ2v) is 4.70. The fourth-order valence-corrected chi connectivity index (χ4v) is 2.19. The van der Waals surface area contributed by atoms with Crippen LogP contribution in [0, 0.1) is 0 Å². The molecule has 1 aromatic carbocycles. The number of fused-ring (bicyclic) bond motifs is 1. The average molecular weight is 266 g/mol. The number of hydrogen-bond donors (Lipinski definition) is 1. The van der Waals surface area contributed by atoms with E-state index in [4.69, 9.17) is 9.47 Å². The summed E-state index contributed by atoms with van der Waals surface area (Å²) in [5, 5.41) is 0.811. The molecule has 18 heavy (non-hydrogen) atoms. The van der Waals surface area contributed by atoms with Gasteiger partial charge in [0, 0.05) is 18.7 Å². The van der Waals surface area contributed by atoms with E-state index in [9.17, 15) is 4.79 Å². The zero-order valence-electron chi connectivity index (χ0n) is 10.2. The highest BCUT2D eigenvalue weighted by atomic mass is 32.2. The van der Waals surface area contributed by atoms with Crippen LogP contribution in [0.3, 0.4) is 0 Å². The first-order valence-electron chi connectivity index (χ1n) is 5.49. The highest BCUT2D eigenvalue weighted by molar-refractivity contribution is 7.99. The summed E-state index contributed by atoms with van der Waals surface area (Å²) in [5.41, 5.74) is 1.83. The summed E-state index contributed by atoms with van der Waals surface area (Å²) in [5.74, 6) is 1.21. The zero-order chi connectivity index (χ0) is 13.0. The molecule has 0 saturated heterocycles.